The number of hydrogen-bond donors (Lipinski definition) is 1. The summed E-state index contributed by atoms with van der Waals surface area (Å²) >= 11 is 0. The second-order valence-electron chi connectivity index (χ2n) is 4.65. The Morgan fingerprint density at radius 1 is 1.14 bits per heavy atom. The van der Waals surface area contributed by atoms with Gasteiger partial charge < -0.3 is 9.84 Å². The third-order valence-corrected chi connectivity index (χ3v) is 1.96. The van der Waals surface area contributed by atoms with Crippen LogP contribution in [0.2, 0.25) is 0 Å². The summed E-state index contributed by atoms with van der Waals surface area (Å²) in [6.07, 6.45) is 1.02. The lowest BCUT2D eigenvalue weighted by molar-refractivity contribution is 0.243. The first-order valence-electron chi connectivity index (χ1n) is 4.89. The number of rotatable bonds is 3. The van der Waals surface area contributed by atoms with Crippen LogP contribution in [0.15, 0.2) is 24.3 Å². The predicted octanol–water partition coefficient (Wildman–Crippen LogP) is 3.21. The van der Waals surface area contributed by atoms with Crippen molar-refractivity contribution in [3.8, 4) is 11.5 Å². The first kappa shape index (κ1) is 10.9. The smallest absolute Gasteiger partial charge is 0.119 e. The minimum Gasteiger partial charge on any atom is -0.508 e. The molecule has 0 heterocycles. The maximum Gasteiger partial charge on any atom is 0.119 e. The lowest BCUT2D eigenvalue weighted by Crippen LogP contribution is -2.10. The molecule has 1 aromatic rings. The van der Waals surface area contributed by atoms with Crippen molar-refractivity contribution in [2.24, 2.45) is 5.41 Å². The van der Waals surface area contributed by atoms with Crippen molar-refractivity contribution in [3.63, 3.8) is 0 Å². The van der Waals surface area contributed by atoms with E-state index in [9.17, 15) is 0 Å². The Morgan fingerprint density at radius 3 is 2.21 bits per heavy atom. The van der Waals surface area contributed by atoms with Crippen LogP contribution in [0.3, 0.4) is 0 Å². The zero-order valence-corrected chi connectivity index (χ0v) is 9.08. The van der Waals surface area contributed by atoms with Gasteiger partial charge in [0.2, 0.25) is 0 Å². The van der Waals surface area contributed by atoms with Crippen molar-refractivity contribution < 1.29 is 9.84 Å². The molecule has 0 saturated heterocycles. The highest BCUT2D eigenvalue weighted by Crippen LogP contribution is 2.20. The summed E-state index contributed by atoms with van der Waals surface area (Å²) in [4.78, 5) is 0. The van der Waals surface area contributed by atoms with E-state index >= 15 is 0 Å². The van der Waals surface area contributed by atoms with E-state index in [1.165, 1.54) is 0 Å². The summed E-state index contributed by atoms with van der Waals surface area (Å²) in [6.45, 7) is 7.28. The van der Waals surface area contributed by atoms with Crippen LogP contribution in [0.25, 0.3) is 0 Å². The standard InChI is InChI=1S/C12H18O2/c1-12(2,3)8-9-14-11-6-4-10(13)5-7-11/h4-7,13H,8-9H2,1-3H3. The van der Waals surface area contributed by atoms with Crippen molar-refractivity contribution in [1.29, 1.82) is 0 Å². The average Bonchev–Trinajstić information content (AvgIpc) is 2.06. The van der Waals surface area contributed by atoms with Crippen LogP contribution in [0, 0.1) is 5.41 Å². The first-order valence-corrected chi connectivity index (χ1v) is 4.89. The van der Waals surface area contributed by atoms with Crippen molar-refractivity contribution >= 4 is 0 Å². The minimum absolute atomic E-state index is 0.271. The fraction of sp³-hybridized carbons (Fsp3) is 0.500. The van der Waals surface area contributed by atoms with E-state index in [2.05, 4.69) is 20.8 Å². The Bertz CT molecular complexity index is 269. The molecule has 0 unspecified atom stereocenters. The first-order chi connectivity index (χ1) is 6.47. The molecule has 0 aliphatic heterocycles. The number of phenols is 1. The number of phenolic OH excluding ortho intramolecular Hbond substituents is 1. The molecule has 0 spiro atoms. The summed E-state index contributed by atoms with van der Waals surface area (Å²) in [7, 11) is 0. The molecule has 14 heavy (non-hydrogen) atoms. The van der Waals surface area contributed by atoms with E-state index in [0.29, 0.717) is 12.0 Å². The van der Waals surface area contributed by atoms with Crippen LogP contribution >= 0.6 is 0 Å². The fourth-order valence-corrected chi connectivity index (χ4v) is 1.02. The van der Waals surface area contributed by atoms with E-state index in [1.54, 1.807) is 24.3 Å². The summed E-state index contributed by atoms with van der Waals surface area (Å²) < 4.78 is 5.53. The van der Waals surface area contributed by atoms with E-state index in [-0.39, 0.29) is 5.75 Å². The largest absolute Gasteiger partial charge is 0.508 e. The SMILES string of the molecule is CC(C)(C)CCOc1ccc(O)cc1. The molecule has 0 aliphatic rings. The van der Waals surface area contributed by atoms with Crippen LogP contribution in [0.4, 0.5) is 0 Å². The van der Waals surface area contributed by atoms with Gasteiger partial charge in [0.1, 0.15) is 11.5 Å². The fourth-order valence-electron chi connectivity index (χ4n) is 1.02. The van der Waals surface area contributed by atoms with E-state index < -0.39 is 0 Å². The van der Waals surface area contributed by atoms with Crippen molar-refractivity contribution in [2.45, 2.75) is 27.2 Å². The van der Waals surface area contributed by atoms with Gasteiger partial charge in [0.25, 0.3) is 0 Å². The summed E-state index contributed by atoms with van der Waals surface area (Å²) in [5, 5.41) is 9.06. The quantitative estimate of drug-likeness (QED) is 0.800. The minimum atomic E-state index is 0.271. The highest BCUT2D eigenvalue weighted by atomic mass is 16.5. The van der Waals surface area contributed by atoms with E-state index in [4.69, 9.17) is 9.84 Å². The van der Waals surface area contributed by atoms with Gasteiger partial charge in [-0.05, 0) is 36.1 Å². The number of hydrogen-bond acceptors (Lipinski definition) is 2. The number of benzene rings is 1. The molecular formula is C12H18O2. The molecule has 0 atom stereocenters. The second kappa shape index (κ2) is 4.36. The molecule has 0 amide bonds. The summed E-state index contributed by atoms with van der Waals surface area (Å²) in [5.41, 5.74) is 0.302. The van der Waals surface area contributed by atoms with Crippen LogP contribution in [0.5, 0.6) is 11.5 Å². The molecular weight excluding hydrogens is 176 g/mol. The maximum absolute atomic E-state index is 9.06. The Balaban J connectivity index is 2.35. The predicted molar refractivity (Wildman–Crippen MR) is 57.7 cm³/mol. The van der Waals surface area contributed by atoms with Gasteiger partial charge in [-0.25, -0.2) is 0 Å². The van der Waals surface area contributed by atoms with Crippen LogP contribution < -0.4 is 4.74 Å². The van der Waals surface area contributed by atoms with Crippen molar-refractivity contribution in [1.82, 2.24) is 0 Å². The van der Waals surface area contributed by atoms with Crippen LogP contribution in [-0.2, 0) is 0 Å². The molecule has 0 saturated carbocycles. The van der Waals surface area contributed by atoms with Gasteiger partial charge in [-0.3, -0.25) is 0 Å². The van der Waals surface area contributed by atoms with Gasteiger partial charge in [0.15, 0.2) is 0 Å². The monoisotopic (exact) mass is 194 g/mol. The molecule has 0 aromatic heterocycles. The number of ether oxygens (including phenoxy) is 1. The Kier molecular flexibility index (Phi) is 3.39. The zero-order valence-electron chi connectivity index (χ0n) is 9.08. The zero-order chi connectivity index (χ0) is 10.6. The molecule has 2 heteroatoms. The molecule has 78 valence electrons. The molecule has 2 nitrogen and oxygen atoms in total. The van der Waals surface area contributed by atoms with Gasteiger partial charge >= 0.3 is 0 Å². The molecule has 0 radical (unpaired) electrons. The molecule has 0 bridgehead atoms. The third-order valence-electron chi connectivity index (χ3n) is 1.96. The van der Waals surface area contributed by atoms with Gasteiger partial charge in [-0.2, -0.15) is 0 Å². The van der Waals surface area contributed by atoms with Crippen LogP contribution in [0.1, 0.15) is 27.2 Å². The van der Waals surface area contributed by atoms with E-state index in [1.807, 2.05) is 0 Å². The summed E-state index contributed by atoms with van der Waals surface area (Å²) in [6, 6.07) is 6.81. The summed E-state index contributed by atoms with van der Waals surface area (Å²) in [5.74, 6) is 1.08. The molecule has 0 fully saturated rings. The number of aromatic hydroxyl groups is 1. The van der Waals surface area contributed by atoms with E-state index in [0.717, 1.165) is 12.2 Å². The highest BCUT2D eigenvalue weighted by molar-refractivity contribution is 5.29. The van der Waals surface area contributed by atoms with Gasteiger partial charge in [-0.15, -0.1) is 0 Å². The molecule has 1 aromatic carbocycles. The molecule has 1 rings (SSSR count). The van der Waals surface area contributed by atoms with Crippen molar-refractivity contribution in [3.05, 3.63) is 24.3 Å². The normalized spacial score (nSPS) is 11.4. The average molecular weight is 194 g/mol. The molecule has 1 N–H and O–H groups in total. The van der Waals surface area contributed by atoms with Gasteiger partial charge in [-0.1, -0.05) is 20.8 Å². The second-order valence-corrected chi connectivity index (χ2v) is 4.65. The Hall–Kier alpha value is -1.18. The Labute approximate surface area is 85.5 Å². The maximum atomic E-state index is 9.06. The third kappa shape index (κ3) is 4.17. The van der Waals surface area contributed by atoms with Gasteiger partial charge in [0.05, 0.1) is 6.61 Å². The molecule has 0 aliphatic carbocycles. The lowest BCUT2D eigenvalue weighted by Gasteiger charge is -2.17. The lowest BCUT2D eigenvalue weighted by atomic mass is 9.93. The van der Waals surface area contributed by atoms with Gasteiger partial charge in [0, 0.05) is 0 Å². The Morgan fingerprint density at radius 2 is 1.71 bits per heavy atom. The topological polar surface area (TPSA) is 29.5 Å². The van der Waals surface area contributed by atoms with Crippen molar-refractivity contribution in [2.75, 3.05) is 6.61 Å². The van der Waals surface area contributed by atoms with Crippen LogP contribution in [-0.4, -0.2) is 11.7 Å². The highest BCUT2D eigenvalue weighted by Gasteiger charge is 2.09.